The molecule has 0 heterocycles. The second-order valence-electron chi connectivity index (χ2n) is 16.9. The number of allylic oxidation sites excluding steroid dienone is 6. The van der Waals surface area contributed by atoms with Crippen molar-refractivity contribution in [3.63, 3.8) is 0 Å². The van der Waals surface area contributed by atoms with Gasteiger partial charge in [-0.15, -0.1) is 0 Å². The standard InChI is InChI=1S/C51H95NO5/c1-4-7-10-13-16-19-22-24-25-26-28-30-33-36-39-42-47(57-51(56)44-41-38-35-32-29-23-20-17-14-11-8-5-2)45-50(55)52-48(46-53)49(54)43-40-37-34-31-27-21-18-15-12-9-6-3/h16-17,19-20,24-25,47-49,53-54H,4-15,18,21-23,26-46H2,1-3H3,(H,52,55)/b19-16-,20-17-,25-24-. The van der Waals surface area contributed by atoms with Crippen molar-refractivity contribution in [2.24, 2.45) is 0 Å². The molecule has 0 aliphatic heterocycles. The third kappa shape index (κ3) is 40.6. The highest BCUT2D eigenvalue weighted by molar-refractivity contribution is 5.77. The van der Waals surface area contributed by atoms with Gasteiger partial charge in [0.15, 0.2) is 0 Å². The first kappa shape index (κ1) is 55.1. The van der Waals surface area contributed by atoms with Crippen molar-refractivity contribution < 1.29 is 24.5 Å². The summed E-state index contributed by atoms with van der Waals surface area (Å²) in [6, 6.07) is -0.704. The quantitative estimate of drug-likeness (QED) is 0.0324. The predicted molar refractivity (Wildman–Crippen MR) is 246 cm³/mol. The summed E-state index contributed by atoms with van der Waals surface area (Å²) in [5.41, 5.74) is 0. The van der Waals surface area contributed by atoms with Crippen LogP contribution in [0.3, 0.4) is 0 Å². The zero-order chi connectivity index (χ0) is 41.7. The van der Waals surface area contributed by atoms with Crippen LogP contribution in [0.4, 0.5) is 0 Å². The average molecular weight is 802 g/mol. The maximum atomic E-state index is 13.2. The number of ether oxygens (including phenoxy) is 1. The first-order valence-electron chi connectivity index (χ1n) is 24.7. The molecule has 0 rings (SSSR count). The third-order valence-electron chi connectivity index (χ3n) is 11.2. The number of rotatable bonds is 44. The molecule has 0 aliphatic rings. The van der Waals surface area contributed by atoms with Crippen molar-refractivity contribution in [2.45, 2.75) is 270 Å². The SMILES string of the molecule is CCCCC/C=C\C/C=C\CCCCCCCC(CC(=O)NC(CO)C(O)CCCCCCCCCCCCC)OC(=O)CCCCCCC/C=C\CCCCC. The fourth-order valence-corrected chi connectivity index (χ4v) is 7.40. The van der Waals surface area contributed by atoms with E-state index in [-0.39, 0.29) is 24.9 Å². The summed E-state index contributed by atoms with van der Waals surface area (Å²) in [4.78, 5) is 26.1. The molecule has 0 radical (unpaired) electrons. The maximum Gasteiger partial charge on any atom is 0.306 e. The number of carbonyl (C=O) groups excluding carboxylic acids is 2. The van der Waals surface area contributed by atoms with Crippen LogP contribution in [0, 0.1) is 0 Å². The Bertz CT molecular complexity index is 946. The van der Waals surface area contributed by atoms with E-state index < -0.39 is 18.2 Å². The van der Waals surface area contributed by atoms with Crippen LogP contribution in [0.5, 0.6) is 0 Å². The fraction of sp³-hybridized carbons (Fsp3) is 0.843. The van der Waals surface area contributed by atoms with Gasteiger partial charge in [0.05, 0.1) is 25.2 Å². The summed E-state index contributed by atoms with van der Waals surface area (Å²) in [5.74, 6) is -0.493. The second kappa shape index (κ2) is 45.2. The fourth-order valence-electron chi connectivity index (χ4n) is 7.40. The molecule has 0 aromatic carbocycles. The Kier molecular flexibility index (Phi) is 43.6. The molecule has 0 saturated carbocycles. The van der Waals surface area contributed by atoms with E-state index in [9.17, 15) is 19.8 Å². The van der Waals surface area contributed by atoms with E-state index in [1.165, 1.54) is 128 Å². The third-order valence-corrected chi connectivity index (χ3v) is 11.2. The molecule has 3 atom stereocenters. The van der Waals surface area contributed by atoms with Crippen molar-refractivity contribution in [3.8, 4) is 0 Å². The number of amides is 1. The van der Waals surface area contributed by atoms with Crippen molar-refractivity contribution in [2.75, 3.05) is 6.61 Å². The molecule has 0 saturated heterocycles. The molecule has 0 aromatic rings. The number of esters is 1. The molecule has 0 aliphatic carbocycles. The summed E-state index contributed by atoms with van der Waals surface area (Å²) in [7, 11) is 0. The summed E-state index contributed by atoms with van der Waals surface area (Å²) < 4.78 is 5.91. The van der Waals surface area contributed by atoms with Crippen LogP contribution >= 0.6 is 0 Å². The summed E-state index contributed by atoms with van der Waals surface area (Å²) in [5, 5.41) is 23.7. The van der Waals surface area contributed by atoms with Gasteiger partial charge in [-0.3, -0.25) is 9.59 Å². The van der Waals surface area contributed by atoms with Gasteiger partial charge in [-0.05, 0) is 83.5 Å². The number of hydrogen-bond donors (Lipinski definition) is 3. The summed E-state index contributed by atoms with van der Waals surface area (Å²) in [6.45, 7) is 6.42. The minimum atomic E-state index is -0.790. The van der Waals surface area contributed by atoms with Crippen molar-refractivity contribution >= 4 is 11.9 Å². The van der Waals surface area contributed by atoms with Crippen molar-refractivity contribution in [3.05, 3.63) is 36.5 Å². The minimum absolute atomic E-state index is 0.0667. The van der Waals surface area contributed by atoms with Gasteiger partial charge in [-0.2, -0.15) is 0 Å². The number of nitrogens with one attached hydrogen (secondary N) is 1. The van der Waals surface area contributed by atoms with Crippen molar-refractivity contribution in [1.29, 1.82) is 0 Å². The van der Waals surface area contributed by atoms with E-state index in [1.54, 1.807) is 0 Å². The molecule has 6 heteroatoms. The zero-order valence-electron chi connectivity index (χ0n) is 38.0. The van der Waals surface area contributed by atoms with E-state index in [0.717, 1.165) is 77.0 Å². The van der Waals surface area contributed by atoms with E-state index >= 15 is 0 Å². The molecular weight excluding hydrogens is 707 g/mol. The predicted octanol–water partition coefficient (Wildman–Crippen LogP) is 14.5. The number of unbranched alkanes of at least 4 members (excludes halogenated alkanes) is 26. The molecule has 3 unspecified atom stereocenters. The highest BCUT2D eigenvalue weighted by Crippen LogP contribution is 2.17. The average Bonchev–Trinajstić information content (AvgIpc) is 3.20. The lowest BCUT2D eigenvalue weighted by Crippen LogP contribution is -2.46. The van der Waals surface area contributed by atoms with Gasteiger partial charge in [0, 0.05) is 6.42 Å². The van der Waals surface area contributed by atoms with Gasteiger partial charge in [-0.25, -0.2) is 0 Å². The second-order valence-corrected chi connectivity index (χ2v) is 16.9. The molecule has 0 bridgehead atoms. The van der Waals surface area contributed by atoms with Crippen molar-refractivity contribution in [1.82, 2.24) is 5.32 Å². The molecule has 6 nitrogen and oxygen atoms in total. The van der Waals surface area contributed by atoms with Crippen LogP contribution in [0.1, 0.15) is 252 Å². The Labute approximate surface area is 353 Å². The molecule has 0 spiro atoms. The lowest BCUT2D eigenvalue weighted by molar-refractivity contribution is -0.151. The molecule has 57 heavy (non-hydrogen) atoms. The number of aliphatic hydroxyl groups is 2. The topological polar surface area (TPSA) is 95.9 Å². The highest BCUT2D eigenvalue weighted by Gasteiger charge is 2.24. The zero-order valence-corrected chi connectivity index (χ0v) is 38.0. The Hall–Kier alpha value is -1.92. The molecule has 1 amide bonds. The van der Waals surface area contributed by atoms with Crippen LogP contribution in [0.2, 0.25) is 0 Å². The number of hydrogen-bond acceptors (Lipinski definition) is 5. The van der Waals surface area contributed by atoms with E-state index in [2.05, 4.69) is 62.5 Å². The Morgan fingerprint density at radius 2 is 0.895 bits per heavy atom. The molecule has 3 N–H and O–H groups in total. The monoisotopic (exact) mass is 802 g/mol. The Balaban J connectivity index is 4.63. The molecule has 334 valence electrons. The maximum absolute atomic E-state index is 13.2. The van der Waals surface area contributed by atoms with Crippen LogP contribution < -0.4 is 5.32 Å². The van der Waals surface area contributed by atoms with E-state index in [4.69, 9.17) is 4.74 Å². The number of carbonyl (C=O) groups is 2. The normalized spacial score (nSPS) is 13.6. The van der Waals surface area contributed by atoms with Crippen LogP contribution in [0.25, 0.3) is 0 Å². The van der Waals surface area contributed by atoms with E-state index in [1.807, 2.05) is 0 Å². The Morgan fingerprint density at radius 3 is 1.39 bits per heavy atom. The highest BCUT2D eigenvalue weighted by atomic mass is 16.5. The first-order valence-corrected chi connectivity index (χ1v) is 24.7. The van der Waals surface area contributed by atoms with Crippen LogP contribution in [-0.2, 0) is 14.3 Å². The van der Waals surface area contributed by atoms with Crippen LogP contribution in [0.15, 0.2) is 36.5 Å². The van der Waals surface area contributed by atoms with Crippen LogP contribution in [-0.4, -0.2) is 46.9 Å². The van der Waals surface area contributed by atoms with Gasteiger partial charge < -0.3 is 20.3 Å². The largest absolute Gasteiger partial charge is 0.462 e. The van der Waals surface area contributed by atoms with Gasteiger partial charge in [0.2, 0.25) is 5.91 Å². The first-order chi connectivity index (χ1) is 28.0. The summed E-state index contributed by atoms with van der Waals surface area (Å²) >= 11 is 0. The smallest absolute Gasteiger partial charge is 0.306 e. The van der Waals surface area contributed by atoms with Gasteiger partial charge in [0.25, 0.3) is 0 Å². The van der Waals surface area contributed by atoms with E-state index in [0.29, 0.717) is 19.3 Å². The molecular formula is C51H95NO5. The lowest BCUT2D eigenvalue weighted by atomic mass is 10.0. The van der Waals surface area contributed by atoms with Gasteiger partial charge in [-0.1, -0.05) is 192 Å². The Morgan fingerprint density at radius 1 is 0.509 bits per heavy atom. The molecule has 0 aromatic heterocycles. The minimum Gasteiger partial charge on any atom is -0.462 e. The lowest BCUT2D eigenvalue weighted by Gasteiger charge is -2.24. The van der Waals surface area contributed by atoms with Gasteiger partial charge >= 0.3 is 5.97 Å². The van der Waals surface area contributed by atoms with Gasteiger partial charge in [0.1, 0.15) is 6.10 Å². The number of aliphatic hydroxyl groups excluding tert-OH is 2. The molecule has 0 fully saturated rings. The summed E-state index contributed by atoms with van der Waals surface area (Å²) in [6.07, 6.45) is 52.0.